The van der Waals surface area contributed by atoms with Gasteiger partial charge in [-0.1, -0.05) is 24.3 Å². The van der Waals surface area contributed by atoms with Crippen molar-refractivity contribution in [2.24, 2.45) is 11.7 Å². The molecule has 0 radical (unpaired) electrons. The first-order valence-electron chi connectivity index (χ1n) is 8.28. The van der Waals surface area contributed by atoms with Gasteiger partial charge in [0.05, 0.1) is 6.04 Å². The first kappa shape index (κ1) is 14.6. The van der Waals surface area contributed by atoms with Crippen LogP contribution in [-0.4, -0.2) is 23.4 Å². The standard InChI is InChI=1S/C18H26N2O/c1-13-5-2-3-6-16(13)17-7-4-12-20(17)18(21)14-8-10-15(19)11-9-14/h2-3,5-6,14-15,17H,4,7-12,19H2,1H3. The summed E-state index contributed by atoms with van der Waals surface area (Å²) in [5.74, 6) is 0.571. The van der Waals surface area contributed by atoms with Gasteiger partial charge in [-0.05, 0) is 56.6 Å². The second kappa shape index (κ2) is 6.18. The second-order valence-corrected chi connectivity index (χ2v) is 6.66. The van der Waals surface area contributed by atoms with E-state index in [2.05, 4.69) is 36.1 Å². The van der Waals surface area contributed by atoms with Crippen molar-refractivity contribution < 1.29 is 4.79 Å². The molecule has 1 unspecified atom stereocenters. The van der Waals surface area contributed by atoms with E-state index in [4.69, 9.17) is 5.73 Å². The fourth-order valence-electron chi connectivity index (χ4n) is 3.92. The number of hydrogen-bond acceptors (Lipinski definition) is 2. The van der Waals surface area contributed by atoms with Crippen molar-refractivity contribution in [3.8, 4) is 0 Å². The lowest BCUT2D eigenvalue weighted by Gasteiger charge is -2.32. The normalized spacial score (nSPS) is 29.6. The Balaban J connectivity index is 1.75. The maximum absolute atomic E-state index is 12.9. The molecule has 1 aromatic carbocycles. The average molecular weight is 286 g/mol. The Morgan fingerprint density at radius 2 is 1.86 bits per heavy atom. The van der Waals surface area contributed by atoms with E-state index in [-0.39, 0.29) is 12.0 Å². The number of amides is 1. The maximum Gasteiger partial charge on any atom is 0.226 e. The Morgan fingerprint density at radius 3 is 2.57 bits per heavy atom. The Labute approximate surface area is 127 Å². The van der Waals surface area contributed by atoms with Crippen LogP contribution in [0.2, 0.25) is 0 Å². The van der Waals surface area contributed by atoms with E-state index in [0.717, 1.165) is 45.1 Å². The number of nitrogens with zero attached hydrogens (tertiary/aromatic N) is 1. The molecule has 0 bridgehead atoms. The van der Waals surface area contributed by atoms with Crippen molar-refractivity contribution in [3.05, 3.63) is 35.4 Å². The molecule has 0 aromatic heterocycles. The minimum atomic E-state index is 0.203. The van der Waals surface area contributed by atoms with Gasteiger partial charge in [0.2, 0.25) is 5.91 Å². The highest BCUT2D eigenvalue weighted by Gasteiger charge is 2.35. The monoisotopic (exact) mass is 286 g/mol. The van der Waals surface area contributed by atoms with Crippen molar-refractivity contribution in [2.75, 3.05) is 6.54 Å². The van der Waals surface area contributed by atoms with Crippen LogP contribution in [0.15, 0.2) is 24.3 Å². The number of aryl methyl sites for hydroxylation is 1. The lowest BCUT2D eigenvalue weighted by Crippen LogP contribution is -2.39. The molecule has 21 heavy (non-hydrogen) atoms. The van der Waals surface area contributed by atoms with Crippen LogP contribution < -0.4 is 5.73 Å². The molecule has 0 spiro atoms. The van der Waals surface area contributed by atoms with Crippen molar-refractivity contribution in [1.29, 1.82) is 0 Å². The third-order valence-electron chi connectivity index (χ3n) is 5.20. The molecule has 2 N–H and O–H groups in total. The van der Waals surface area contributed by atoms with Gasteiger partial charge in [0.1, 0.15) is 0 Å². The van der Waals surface area contributed by atoms with Crippen LogP contribution in [0.5, 0.6) is 0 Å². The van der Waals surface area contributed by atoms with Gasteiger partial charge in [0, 0.05) is 18.5 Å². The van der Waals surface area contributed by atoms with E-state index in [0.29, 0.717) is 11.9 Å². The highest BCUT2D eigenvalue weighted by Crippen LogP contribution is 2.36. The van der Waals surface area contributed by atoms with Crippen molar-refractivity contribution in [2.45, 2.75) is 57.5 Å². The van der Waals surface area contributed by atoms with E-state index >= 15 is 0 Å². The van der Waals surface area contributed by atoms with Crippen LogP contribution in [0, 0.1) is 12.8 Å². The van der Waals surface area contributed by atoms with E-state index in [1.165, 1.54) is 11.1 Å². The summed E-state index contributed by atoms with van der Waals surface area (Å²) < 4.78 is 0. The first-order chi connectivity index (χ1) is 10.2. The highest BCUT2D eigenvalue weighted by atomic mass is 16.2. The van der Waals surface area contributed by atoms with Crippen LogP contribution in [0.4, 0.5) is 0 Å². The van der Waals surface area contributed by atoms with Gasteiger partial charge < -0.3 is 10.6 Å². The zero-order valence-corrected chi connectivity index (χ0v) is 12.9. The van der Waals surface area contributed by atoms with Crippen molar-refractivity contribution in [3.63, 3.8) is 0 Å². The quantitative estimate of drug-likeness (QED) is 0.907. The molecule has 2 aliphatic rings. The average Bonchev–Trinajstić information content (AvgIpc) is 2.97. The molecule has 1 aliphatic heterocycles. The van der Waals surface area contributed by atoms with Crippen LogP contribution in [0.1, 0.15) is 55.7 Å². The number of rotatable bonds is 2. The minimum Gasteiger partial charge on any atom is -0.335 e. The molecule has 1 heterocycles. The first-order valence-corrected chi connectivity index (χ1v) is 8.28. The molecule has 1 saturated heterocycles. The molecular weight excluding hydrogens is 260 g/mol. The fraction of sp³-hybridized carbons (Fsp3) is 0.611. The van der Waals surface area contributed by atoms with E-state index in [1.807, 2.05) is 0 Å². The molecule has 1 aromatic rings. The Kier molecular flexibility index (Phi) is 4.29. The summed E-state index contributed by atoms with van der Waals surface area (Å²) in [7, 11) is 0. The lowest BCUT2D eigenvalue weighted by molar-refractivity contribution is -0.137. The molecule has 1 atom stereocenters. The third kappa shape index (κ3) is 2.98. The van der Waals surface area contributed by atoms with Gasteiger partial charge in [-0.15, -0.1) is 0 Å². The second-order valence-electron chi connectivity index (χ2n) is 6.66. The summed E-state index contributed by atoms with van der Waals surface area (Å²) in [6.07, 6.45) is 6.16. The number of likely N-dealkylation sites (tertiary alicyclic amines) is 1. The van der Waals surface area contributed by atoms with Crippen molar-refractivity contribution in [1.82, 2.24) is 4.90 Å². The number of carbonyl (C=O) groups excluding carboxylic acids is 1. The third-order valence-corrected chi connectivity index (χ3v) is 5.20. The predicted molar refractivity (Wildman–Crippen MR) is 84.8 cm³/mol. The number of hydrogen-bond donors (Lipinski definition) is 1. The van der Waals surface area contributed by atoms with Crippen LogP contribution >= 0.6 is 0 Å². The van der Waals surface area contributed by atoms with Gasteiger partial charge in [-0.25, -0.2) is 0 Å². The van der Waals surface area contributed by atoms with E-state index in [1.54, 1.807) is 0 Å². The Bertz CT molecular complexity index is 506. The SMILES string of the molecule is Cc1ccccc1C1CCCN1C(=O)C1CCC(N)CC1. The molecule has 2 fully saturated rings. The zero-order chi connectivity index (χ0) is 14.8. The zero-order valence-electron chi connectivity index (χ0n) is 12.9. The summed E-state index contributed by atoms with van der Waals surface area (Å²) in [6.45, 7) is 3.07. The fourth-order valence-corrected chi connectivity index (χ4v) is 3.92. The summed E-state index contributed by atoms with van der Waals surface area (Å²) in [5, 5.41) is 0. The molecule has 114 valence electrons. The highest BCUT2D eigenvalue weighted by molar-refractivity contribution is 5.79. The molecule has 3 rings (SSSR count). The van der Waals surface area contributed by atoms with E-state index < -0.39 is 0 Å². The Morgan fingerprint density at radius 1 is 1.14 bits per heavy atom. The predicted octanol–water partition coefficient (Wildman–Crippen LogP) is 3.18. The summed E-state index contributed by atoms with van der Waals surface area (Å²) in [5.41, 5.74) is 8.59. The van der Waals surface area contributed by atoms with Gasteiger partial charge >= 0.3 is 0 Å². The summed E-state index contributed by atoms with van der Waals surface area (Å²) >= 11 is 0. The Hall–Kier alpha value is -1.35. The lowest BCUT2D eigenvalue weighted by atomic mass is 9.85. The topological polar surface area (TPSA) is 46.3 Å². The molecule has 1 amide bonds. The summed E-state index contributed by atoms with van der Waals surface area (Å²) in [6, 6.07) is 9.08. The van der Waals surface area contributed by atoms with Gasteiger partial charge in [0.25, 0.3) is 0 Å². The molecular formula is C18H26N2O. The molecule has 1 aliphatic carbocycles. The molecule has 1 saturated carbocycles. The van der Waals surface area contributed by atoms with Gasteiger partial charge in [-0.2, -0.15) is 0 Å². The number of benzene rings is 1. The minimum absolute atomic E-state index is 0.203. The largest absolute Gasteiger partial charge is 0.335 e. The molecule has 3 heteroatoms. The van der Waals surface area contributed by atoms with Crippen LogP contribution in [-0.2, 0) is 4.79 Å². The van der Waals surface area contributed by atoms with Gasteiger partial charge in [-0.3, -0.25) is 4.79 Å². The maximum atomic E-state index is 12.9. The van der Waals surface area contributed by atoms with Gasteiger partial charge in [0.15, 0.2) is 0 Å². The van der Waals surface area contributed by atoms with E-state index in [9.17, 15) is 4.79 Å². The molecule has 3 nitrogen and oxygen atoms in total. The van der Waals surface area contributed by atoms with Crippen LogP contribution in [0.25, 0.3) is 0 Å². The van der Waals surface area contributed by atoms with Crippen LogP contribution in [0.3, 0.4) is 0 Å². The summed E-state index contributed by atoms with van der Waals surface area (Å²) in [4.78, 5) is 15.0. The number of carbonyl (C=O) groups is 1. The number of nitrogens with two attached hydrogens (primary N) is 1. The van der Waals surface area contributed by atoms with Crippen molar-refractivity contribution >= 4 is 5.91 Å². The smallest absolute Gasteiger partial charge is 0.226 e.